The van der Waals surface area contributed by atoms with Crippen LogP contribution in [0.3, 0.4) is 0 Å². The number of sulfonamides is 1. The number of rotatable bonds is 4. The molecule has 2 aliphatic rings. The van der Waals surface area contributed by atoms with E-state index >= 15 is 0 Å². The van der Waals surface area contributed by atoms with Gasteiger partial charge in [0.1, 0.15) is 0 Å². The Hall–Kier alpha value is -2.48. The van der Waals surface area contributed by atoms with Crippen LogP contribution in [-0.4, -0.2) is 51.5 Å². The van der Waals surface area contributed by atoms with Crippen LogP contribution in [0.15, 0.2) is 59.5 Å². The summed E-state index contributed by atoms with van der Waals surface area (Å²) in [4.78, 5) is 14.7. The molecule has 1 fully saturated rings. The Morgan fingerprint density at radius 2 is 1.69 bits per heavy atom. The van der Waals surface area contributed by atoms with E-state index in [9.17, 15) is 13.2 Å². The molecule has 2 aromatic carbocycles. The Balaban J connectivity index is 1.46. The van der Waals surface area contributed by atoms with Crippen molar-refractivity contribution in [2.45, 2.75) is 17.7 Å². The van der Waals surface area contributed by atoms with Crippen molar-refractivity contribution in [1.82, 2.24) is 4.31 Å². The van der Waals surface area contributed by atoms with Crippen molar-refractivity contribution in [1.29, 1.82) is 0 Å². The van der Waals surface area contributed by atoms with Crippen LogP contribution >= 0.6 is 0 Å². The number of carbonyl (C=O) groups excluding carboxylic acids is 1. The normalized spacial score (nSPS) is 18.0. The summed E-state index contributed by atoms with van der Waals surface area (Å²) in [7, 11) is -3.51. The Morgan fingerprint density at radius 1 is 0.966 bits per heavy atom. The van der Waals surface area contributed by atoms with Crippen molar-refractivity contribution < 1.29 is 17.9 Å². The predicted molar refractivity (Wildman–Crippen MR) is 112 cm³/mol. The zero-order valence-corrected chi connectivity index (χ0v) is 17.0. The van der Waals surface area contributed by atoms with Gasteiger partial charge in [-0.3, -0.25) is 4.79 Å². The highest BCUT2D eigenvalue weighted by atomic mass is 32.2. The SMILES string of the molecule is O=C(/C=C/c1ccc(S(=O)(=O)N2CCOCC2)cc1)N1CCCc2ccccc21. The molecule has 0 bridgehead atoms. The molecule has 2 heterocycles. The highest BCUT2D eigenvalue weighted by Gasteiger charge is 2.26. The molecule has 4 rings (SSSR count). The lowest BCUT2D eigenvalue weighted by Gasteiger charge is -2.28. The Bertz CT molecular complexity index is 1010. The first-order valence-corrected chi connectivity index (χ1v) is 11.3. The van der Waals surface area contributed by atoms with Crippen molar-refractivity contribution in [2.24, 2.45) is 0 Å². The molecule has 0 aromatic heterocycles. The average molecular weight is 413 g/mol. The van der Waals surface area contributed by atoms with E-state index in [1.165, 1.54) is 9.87 Å². The van der Waals surface area contributed by atoms with Crippen LogP contribution in [0.1, 0.15) is 17.5 Å². The van der Waals surface area contributed by atoms with E-state index in [4.69, 9.17) is 4.74 Å². The van der Waals surface area contributed by atoms with Gasteiger partial charge in [0.25, 0.3) is 5.91 Å². The third kappa shape index (κ3) is 4.27. The van der Waals surface area contributed by atoms with Gasteiger partial charge < -0.3 is 9.64 Å². The number of carbonyl (C=O) groups is 1. The van der Waals surface area contributed by atoms with E-state index in [2.05, 4.69) is 6.07 Å². The standard InChI is InChI=1S/C22H24N2O4S/c25-22(24-13-3-5-19-4-1-2-6-21(19)24)12-9-18-7-10-20(11-8-18)29(26,27)23-14-16-28-17-15-23/h1-2,4,6-12H,3,5,13-17H2/b12-9+. The second-order valence-corrected chi connectivity index (χ2v) is 9.08. The number of benzene rings is 2. The van der Waals surface area contributed by atoms with Gasteiger partial charge in [-0.2, -0.15) is 4.31 Å². The number of hydrogen-bond acceptors (Lipinski definition) is 4. The Kier molecular flexibility index (Phi) is 5.80. The Morgan fingerprint density at radius 3 is 2.45 bits per heavy atom. The molecule has 0 aliphatic carbocycles. The van der Waals surface area contributed by atoms with Crippen LogP contribution in [0.25, 0.3) is 6.08 Å². The molecule has 29 heavy (non-hydrogen) atoms. The first-order chi connectivity index (χ1) is 14.1. The third-order valence-corrected chi connectivity index (χ3v) is 7.20. The van der Waals surface area contributed by atoms with E-state index in [-0.39, 0.29) is 10.8 Å². The monoisotopic (exact) mass is 412 g/mol. The minimum absolute atomic E-state index is 0.0674. The molecule has 2 aliphatic heterocycles. The molecule has 1 saturated heterocycles. The minimum atomic E-state index is -3.51. The predicted octanol–water partition coefficient (Wildman–Crippen LogP) is 2.70. The lowest BCUT2D eigenvalue weighted by Crippen LogP contribution is -2.40. The zero-order valence-electron chi connectivity index (χ0n) is 16.2. The van der Waals surface area contributed by atoms with E-state index in [1.54, 1.807) is 41.3 Å². The Labute approximate surface area is 171 Å². The molecule has 0 N–H and O–H groups in total. The van der Waals surface area contributed by atoms with E-state index < -0.39 is 10.0 Å². The first-order valence-electron chi connectivity index (χ1n) is 9.81. The summed E-state index contributed by atoms with van der Waals surface area (Å²) in [5.41, 5.74) is 2.95. The minimum Gasteiger partial charge on any atom is -0.379 e. The van der Waals surface area contributed by atoms with Crippen LogP contribution < -0.4 is 4.90 Å². The average Bonchev–Trinajstić information content (AvgIpc) is 2.78. The quantitative estimate of drug-likeness (QED) is 0.725. The molecule has 0 radical (unpaired) electrons. The first kappa shape index (κ1) is 19.8. The number of aryl methyl sites for hydroxylation is 1. The second-order valence-electron chi connectivity index (χ2n) is 7.14. The number of hydrogen-bond donors (Lipinski definition) is 0. The number of amides is 1. The fourth-order valence-corrected chi connectivity index (χ4v) is 5.11. The number of anilines is 1. The molecule has 2 aromatic rings. The molecule has 6 nitrogen and oxygen atoms in total. The lowest BCUT2D eigenvalue weighted by atomic mass is 10.0. The third-order valence-electron chi connectivity index (χ3n) is 5.28. The lowest BCUT2D eigenvalue weighted by molar-refractivity contribution is -0.114. The fourth-order valence-electron chi connectivity index (χ4n) is 3.71. The summed E-state index contributed by atoms with van der Waals surface area (Å²) in [6.45, 7) is 2.28. The summed E-state index contributed by atoms with van der Waals surface area (Å²) < 4.78 is 32.0. The maximum Gasteiger partial charge on any atom is 0.250 e. The zero-order chi connectivity index (χ0) is 20.3. The van der Waals surface area contributed by atoms with E-state index in [0.29, 0.717) is 32.8 Å². The molecule has 0 saturated carbocycles. The van der Waals surface area contributed by atoms with Gasteiger partial charge in [-0.15, -0.1) is 0 Å². The van der Waals surface area contributed by atoms with E-state index in [0.717, 1.165) is 24.1 Å². The van der Waals surface area contributed by atoms with E-state index in [1.807, 2.05) is 18.2 Å². The molecular formula is C22H24N2O4S. The largest absolute Gasteiger partial charge is 0.379 e. The van der Waals surface area contributed by atoms with Crippen LogP contribution in [0.2, 0.25) is 0 Å². The van der Waals surface area contributed by atoms with Gasteiger partial charge in [0.05, 0.1) is 18.1 Å². The van der Waals surface area contributed by atoms with Crippen molar-refractivity contribution >= 4 is 27.7 Å². The molecule has 0 unspecified atom stereocenters. The van der Waals surface area contributed by atoms with Gasteiger partial charge >= 0.3 is 0 Å². The van der Waals surface area contributed by atoms with Crippen molar-refractivity contribution in [3.8, 4) is 0 Å². The molecule has 7 heteroatoms. The molecule has 152 valence electrons. The van der Waals surface area contributed by atoms with Crippen molar-refractivity contribution in [3.63, 3.8) is 0 Å². The fraction of sp³-hybridized carbons (Fsp3) is 0.318. The summed E-state index contributed by atoms with van der Waals surface area (Å²) in [5.74, 6) is -0.0674. The molecule has 0 spiro atoms. The summed E-state index contributed by atoms with van der Waals surface area (Å²) in [5, 5.41) is 0. The number of para-hydroxylation sites is 1. The highest BCUT2D eigenvalue weighted by Crippen LogP contribution is 2.27. The van der Waals surface area contributed by atoms with Gasteiger partial charge in [-0.1, -0.05) is 30.3 Å². The van der Waals surface area contributed by atoms with Crippen LogP contribution in [-0.2, 0) is 26.0 Å². The van der Waals surface area contributed by atoms with Crippen LogP contribution in [0.4, 0.5) is 5.69 Å². The van der Waals surface area contributed by atoms with Crippen molar-refractivity contribution in [2.75, 3.05) is 37.7 Å². The highest BCUT2D eigenvalue weighted by molar-refractivity contribution is 7.89. The van der Waals surface area contributed by atoms with Crippen LogP contribution in [0, 0.1) is 0 Å². The smallest absolute Gasteiger partial charge is 0.250 e. The number of ether oxygens (including phenoxy) is 1. The topological polar surface area (TPSA) is 66.9 Å². The summed E-state index contributed by atoms with van der Waals surface area (Å²) in [6.07, 6.45) is 5.21. The number of morpholine rings is 1. The van der Waals surface area contributed by atoms with Gasteiger partial charge in [0.2, 0.25) is 10.0 Å². The number of nitrogens with zero attached hydrogens (tertiary/aromatic N) is 2. The maximum absolute atomic E-state index is 12.7. The second kappa shape index (κ2) is 8.49. The van der Waals surface area contributed by atoms with Gasteiger partial charge in [0, 0.05) is 31.4 Å². The summed E-state index contributed by atoms with van der Waals surface area (Å²) >= 11 is 0. The maximum atomic E-state index is 12.7. The van der Waals surface area contributed by atoms with Gasteiger partial charge in [-0.05, 0) is 48.2 Å². The molecule has 0 atom stereocenters. The van der Waals surface area contributed by atoms with Gasteiger partial charge in [-0.25, -0.2) is 8.42 Å². The molecule has 1 amide bonds. The molecular weight excluding hydrogens is 388 g/mol. The summed E-state index contributed by atoms with van der Waals surface area (Å²) in [6, 6.07) is 14.6. The number of fused-ring (bicyclic) bond motifs is 1. The van der Waals surface area contributed by atoms with Crippen molar-refractivity contribution in [3.05, 3.63) is 65.7 Å². The van der Waals surface area contributed by atoms with Gasteiger partial charge in [0.15, 0.2) is 0 Å². The van der Waals surface area contributed by atoms with Crippen LogP contribution in [0.5, 0.6) is 0 Å².